The fraction of sp³-hybridized carbons (Fsp3) is 0.321. The molecule has 4 nitrogen and oxygen atoms in total. The van der Waals surface area contributed by atoms with E-state index in [9.17, 15) is 22.4 Å². The summed E-state index contributed by atoms with van der Waals surface area (Å²) in [6, 6.07) is 11.9. The zero-order chi connectivity index (χ0) is 25.8. The van der Waals surface area contributed by atoms with E-state index in [0.29, 0.717) is 37.0 Å². The number of halogens is 4. The van der Waals surface area contributed by atoms with Crippen LogP contribution in [0.25, 0.3) is 11.1 Å². The smallest absolute Gasteiger partial charge is 0.314 e. The number of benzene rings is 3. The van der Waals surface area contributed by atoms with Crippen LogP contribution in [0.15, 0.2) is 48.5 Å². The van der Waals surface area contributed by atoms with E-state index in [2.05, 4.69) is 0 Å². The molecule has 0 radical (unpaired) electrons. The molecular formula is C28H26F4O4. The summed E-state index contributed by atoms with van der Waals surface area (Å²) < 4.78 is 73.6. The molecule has 3 aromatic carbocycles. The number of rotatable bonds is 7. The summed E-state index contributed by atoms with van der Waals surface area (Å²) in [7, 11) is 1.50. The molecule has 1 fully saturated rings. The Morgan fingerprint density at radius 2 is 1.44 bits per heavy atom. The highest BCUT2D eigenvalue weighted by Crippen LogP contribution is 2.39. The van der Waals surface area contributed by atoms with Crippen molar-refractivity contribution in [2.75, 3.05) is 13.7 Å². The maximum absolute atomic E-state index is 14.7. The molecule has 1 aliphatic rings. The van der Waals surface area contributed by atoms with Crippen LogP contribution in [0.2, 0.25) is 0 Å². The second-order valence-electron chi connectivity index (χ2n) is 8.65. The average Bonchev–Trinajstić information content (AvgIpc) is 2.90. The highest BCUT2D eigenvalue weighted by atomic mass is 19.2. The van der Waals surface area contributed by atoms with Gasteiger partial charge in [0, 0.05) is 5.56 Å². The minimum atomic E-state index is -1.25. The Bertz CT molecular complexity index is 1240. The lowest BCUT2D eigenvalue weighted by molar-refractivity contribution is -0.140. The molecule has 1 aliphatic carbocycles. The third kappa shape index (κ3) is 5.17. The van der Waals surface area contributed by atoms with Crippen molar-refractivity contribution < 1.29 is 36.6 Å². The predicted molar refractivity (Wildman–Crippen MR) is 126 cm³/mol. The molecule has 0 amide bonds. The Kier molecular flexibility index (Phi) is 7.82. The van der Waals surface area contributed by atoms with E-state index in [1.54, 1.807) is 31.2 Å². The minimum Gasteiger partial charge on any atom is -0.497 e. The van der Waals surface area contributed by atoms with E-state index in [0.717, 1.165) is 0 Å². The summed E-state index contributed by atoms with van der Waals surface area (Å²) in [5.74, 6) is -5.89. The Labute approximate surface area is 206 Å². The molecular weight excluding hydrogens is 476 g/mol. The van der Waals surface area contributed by atoms with Crippen LogP contribution in [-0.2, 0) is 4.79 Å². The second-order valence-corrected chi connectivity index (χ2v) is 8.65. The van der Waals surface area contributed by atoms with Gasteiger partial charge < -0.3 is 14.2 Å². The molecule has 8 heteroatoms. The van der Waals surface area contributed by atoms with Gasteiger partial charge in [-0.3, -0.25) is 4.79 Å². The molecule has 0 bridgehead atoms. The molecule has 4 rings (SSSR count). The molecule has 0 aliphatic heterocycles. The van der Waals surface area contributed by atoms with Gasteiger partial charge in [-0.1, -0.05) is 18.2 Å². The first kappa shape index (κ1) is 25.5. The Morgan fingerprint density at radius 1 is 0.806 bits per heavy atom. The van der Waals surface area contributed by atoms with Crippen molar-refractivity contribution >= 4 is 5.97 Å². The first-order chi connectivity index (χ1) is 17.3. The van der Waals surface area contributed by atoms with Gasteiger partial charge in [-0.2, -0.15) is 8.78 Å². The largest absolute Gasteiger partial charge is 0.497 e. The summed E-state index contributed by atoms with van der Waals surface area (Å²) in [4.78, 5) is 12.7. The maximum atomic E-state index is 14.7. The average molecular weight is 503 g/mol. The number of ether oxygens (including phenoxy) is 3. The van der Waals surface area contributed by atoms with Crippen molar-refractivity contribution in [1.82, 2.24) is 0 Å². The number of hydrogen-bond donors (Lipinski definition) is 0. The summed E-state index contributed by atoms with van der Waals surface area (Å²) in [5, 5.41) is 0. The normalized spacial score (nSPS) is 17.5. The zero-order valence-electron chi connectivity index (χ0n) is 20.0. The van der Waals surface area contributed by atoms with E-state index in [4.69, 9.17) is 14.2 Å². The summed E-state index contributed by atoms with van der Waals surface area (Å²) in [6.45, 7) is 1.90. The van der Waals surface area contributed by atoms with Gasteiger partial charge in [0.1, 0.15) is 5.75 Å². The van der Waals surface area contributed by atoms with Crippen molar-refractivity contribution in [2.24, 2.45) is 5.92 Å². The molecule has 1 saturated carbocycles. The van der Waals surface area contributed by atoms with Gasteiger partial charge in [0.25, 0.3) is 0 Å². The van der Waals surface area contributed by atoms with Crippen molar-refractivity contribution in [2.45, 2.75) is 38.5 Å². The molecule has 36 heavy (non-hydrogen) atoms. The van der Waals surface area contributed by atoms with Crippen molar-refractivity contribution in [3.63, 3.8) is 0 Å². The molecule has 0 saturated heterocycles. The van der Waals surface area contributed by atoms with Gasteiger partial charge in [0.2, 0.25) is 11.6 Å². The highest BCUT2D eigenvalue weighted by Gasteiger charge is 2.31. The Hall–Kier alpha value is -3.55. The molecule has 0 unspecified atom stereocenters. The van der Waals surface area contributed by atoms with Crippen LogP contribution in [-0.4, -0.2) is 19.7 Å². The van der Waals surface area contributed by atoms with E-state index in [1.807, 2.05) is 0 Å². The maximum Gasteiger partial charge on any atom is 0.314 e. The van der Waals surface area contributed by atoms with Crippen LogP contribution in [0.5, 0.6) is 17.2 Å². The first-order valence-electron chi connectivity index (χ1n) is 11.8. The molecule has 190 valence electrons. The fourth-order valence-corrected chi connectivity index (χ4v) is 4.56. The monoisotopic (exact) mass is 502 g/mol. The first-order valence-corrected chi connectivity index (χ1v) is 11.8. The lowest BCUT2D eigenvalue weighted by atomic mass is 9.78. The second kappa shape index (κ2) is 11.0. The topological polar surface area (TPSA) is 44.8 Å². The van der Waals surface area contributed by atoms with Crippen LogP contribution in [0.3, 0.4) is 0 Å². The molecule has 0 heterocycles. The van der Waals surface area contributed by atoms with Gasteiger partial charge in [0.05, 0.1) is 19.6 Å². The highest BCUT2D eigenvalue weighted by molar-refractivity contribution is 5.76. The van der Waals surface area contributed by atoms with Crippen LogP contribution in [0.4, 0.5) is 17.6 Å². The van der Waals surface area contributed by atoms with Gasteiger partial charge in [-0.05, 0) is 80.0 Å². The molecule has 0 atom stereocenters. The van der Waals surface area contributed by atoms with Crippen LogP contribution in [0, 0.1) is 29.2 Å². The van der Waals surface area contributed by atoms with E-state index in [-0.39, 0.29) is 29.4 Å². The fourth-order valence-electron chi connectivity index (χ4n) is 4.56. The standard InChI is InChI=1S/C28H26F4O4/c1-3-35-22-14-12-20(24(29)26(22)31)16-4-6-18(7-5-16)28(33)36-23-15-13-21(25(30)27(23)32)17-8-10-19(34-2)11-9-17/h8-16,18H,3-7H2,1-2H3. The quantitative estimate of drug-likeness (QED) is 0.195. The van der Waals surface area contributed by atoms with E-state index >= 15 is 0 Å². The number of carbonyl (C=O) groups is 1. The van der Waals surface area contributed by atoms with Crippen LogP contribution < -0.4 is 14.2 Å². The predicted octanol–water partition coefficient (Wildman–Crippen LogP) is 7.20. The Balaban J connectivity index is 1.41. The summed E-state index contributed by atoms with van der Waals surface area (Å²) in [5.41, 5.74) is 0.714. The number of hydrogen-bond acceptors (Lipinski definition) is 4. The summed E-state index contributed by atoms with van der Waals surface area (Å²) >= 11 is 0. The van der Waals surface area contributed by atoms with Gasteiger partial charge >= 0.3 is 5.97 Å². The third-order valence-corrected chi connectivity index (χ3v) is 6.54. The van der Waals surface area contributed by atoms with E-state index in [1.165, 1.54) is 31.4 Å². The summed E-state index contributed by atoms with van der Waals surface area (Å²) in [6.07, 6.45) is 1.56. The third-order valence-electron chi connectivity index (χ3n) is 6.54. The van der Waals surface area contributed by atoms with Crippen molar-refractivity contribution in [1.29, 1.82) is 0 Å². The zero-order valence-corrected chi connectivity index (χ0v) is 20.0. The molecule has 0 aromatic heterocycles. The van der Waals surface area contributed by atoms with Gasteiger partial charge in [0.15, 0.2) is 23.1 Å². The molecule has 3 aromatic rings. The van der Waals surface area contributed by atoms with Crippen molar-refractivity contribution in [3.8, 4) is 28.4 Å². The SMILES string of the molecule is CCOc1ccc(C2CCC(C(=O)Oc3ccc(-c4ccc(OC)cc4)c(F)c3F)CC2)c(F)c1F. The number of methoxy groups -OCH3 is 1. The van der Waals surface area contributed by atoms with Crippen LogP contribution >= 0.6 is 0 Å². The van der Waals surface area contributed by atoms with E-state index < -0.39 is 40.9 Å². The lowest BCUT2D eigenvalue weighted by Crippen LogP contribution is -2.26. The van der Waals surface area contributed by atoms with Crippen molar-refractivity contribution in [3.05, 3.63) is 77.4 Å². The number of esters is 1. The lowest BCUT2D eigenvalue weighted by Gasteiger charge is -2.28. The number of carbonyl (C=O) groups excluding carboxylic acids is 1. The minimum absolute atomic E-state index is 0.0278. The molecule has 0 N–H and O–H groups in total. The Morgan fingerprint density at radius 3 is 2.08 bits per heavy atom. The van der Waals surface area contributed by atoms with Crippen LogP contribution in [0.1, 0.15) is 44.1 Å². The van der Waals surface area contributed by atoms with Gasteiger partial charge in [-0.25, -0.2) is 8.78 Å². The molecule has 0 spiro atoms. The van der Waals surface area contributed by atoms with Gasteiger partial charge in [-0.15, -0.1) is 0 Å².